The molecule has 1 aliphatic heterocycles. The van der Waals surface area contributed by atoms with Crippen LogP contribution in [0.25, 0.3) is 0 Å². The Hall–Kier alpha value is -0.650. The van der Waals surface area contributed by atoms with Gasteiger partial charge in [0.2, 0.25) is 5.91 Å². The van der Waals surface area contributed by atoms with Crippen molar-refractivity contribution in [1.82, 2.24) is 4.90 Å². The third-order valence-corrected chi connectivity index (χ3v) is 4.60. The van der Waals surface area contributed by atoms with Gasteiger partial charge >= 0.3 is 0 Å². The first kappa shape index (κ1) is 20.7. The van der Waals surface area contributed by atoms with Gasteiger partial charge in [0.1, 0.15) is 0 Å². The fraction of sp³-hybridized carbons (Fsp3) is 0.950. The lowest BCUT2D eigenvalue weighted by atomic mass is 9.90. The van der Waals surface area contributed by atoms with Gasteiger partial charge in [-0.05, 0) is 67.2 Å². The minimum absolute atomic E-state index is 0.0714. The van der Waals surface area contributed by atoms with E-state index in [2.05, 4.69) is 20.8 Å². The molecule has 0 unspecified atom stereocenters. The van der Waals surface area contributed by atoms with Crippen LogP contribution in [-0.2, 0) is 19.0 Å². The van der Waals surface area contributed by atoms with Crippen LogP contribution in [0.4, 0.5) is 0 Å². The van der Waals surface area contributed by atoms with Crippen molar-refractivity contribution in [3.8, 4) is 0 Å². The van der Waals surface area contributed by atoms with Crippen molar-refractivity contribution >= 4 is 5.91 Å². The summed E-state index contributed by atoms with van der Waals surface area (Å²) in [6.07, 6.45) is 5.31. The van der Waals surface area contributed by atoms with Crippen LogP contribution in [0.3, 0.4) is 0 Å². The van der Waals surface area contributed by atoms with Crippen LogP contribution in [0.1, 0.15) is 73.6 Å². The van der Waals surface area contributed by atoms with Crippen molar-refractivity contribution < 1.29 is 19.0 Å². The number of hydrogen-bond donors (Lipinski definition) is 0. The van der Waals surface area contributed by atoms with E-state index in [0.717, 1.165) is 38.8 Å². The molecule has 0 N–H and O–H groups in total. The fourth-order valence-electron chi connectivity index (χ4n) is 3.34. The molecule has 2 rings (SSSR count). The standard InChI is InChI=1S/C20H37NO4/c1-19(2,3)23-12-9-18(22)21-10-7-15(8-11-21)24-16-13-17(14-16)25-20(4,5)6/h15-17H,7-14H2,1-6H3. The predicted molar refractivity (Wildman–Crippen MR) is 98.7 cm³/mol. The molecular weight excluding hydrogens is 318 g/mol. The smallest absolute Gasteiger partial charge is 0.224 e. The minimum atomic E-state index is -0.182. The molecule has 1 saturated heterocycles. The molecule has 0 bridgehead atoms. The monoisotopic (exact) mass is 355 g/mol. The Kier molecular flexibility index (Phi) is 6.91. The number of rotatable bonds is 6. The largest absolute Gasteiger partial charge is 0.375 e. The molecule has 2 aliphatic rings. The van der Waals surface area contributed by atoms with Crippen molar-refractivity contribution in [3.05, 3.63) is 0 Å². The normalized spacial score (nSPS) is 25.8. The second-order valence-corrected chi connectivity index (χ2v) is 9.37. The number of hydrogen-bond acceptors (Lipinski definition) is 4. The van der Waals surface area contributed by atoms with E-state index < -0.39 is 0 Å². The average Bonchev–Trinajstić information content (AvgIpc) is 2.43. The molecule has 2 fully saturated rings. The lowest BCUT2D eigenvalue weighted by molar-refractivity contribution is -0.168. The van der Waals surface area contributed by atoms with E-state index >= 15 is 0 Å². The van der Waals surface area contributed by atoms with Gasteiger partial charge in [-0.15, -0.1) is 0 Å². The van der Waals surface area contributed by atoms with Gasteiger partial charge in [-0.3, -0.25) is 4.79 Å². The molecule has 0 aromatic rings. The maximum atomic E-state index is 12.2. The first-order valence-corrected chi connectivity index (χ1v) is 9.77. The Morgan fingerprint density at radius 1 is 0.920 bits per heavy atom. The topological polar surface area (TPSA) is 48.0 Å². The van der Waals surface area contributed by atoms with Gasteiger partial charge in [0.05, 0.1) is 42.5 Å². The second-order valence-electron chi connectivity index (χ2n) is 9.37. The highest BCUT2D eigenvalue weighted by molar-refractivity contribution is 5.76. The van der Waals surface area contributed by atoms with Crippen LogP contribution in [0.5, 0.6) is 0 Å². The number of carbonyl (C=O) groups excluding carboxylic acids is 1. The van der Waals surface area contributed by atoms with E-state index in [0.29, 0.717) is 25.2 Å². The Morgan fingerprint density at radius 2 is 1.52 bits per heavy atom. The van der Waals surface area contributed by atoms with Crippen molar-refractivity contribution in [3.63, 3.8) is 0 Å². The molecule has 146 valence electrons. The van der Waals surface area contributed by atoms with Crippen molar-refractivity contribution in [2.75, 3.05) is 19.7 Å². The maximum absolute atomic E-state index is 12.2. The number of likely N-dealkylation sites (tertiary alicyclic amines) is 1. The molecule has 5 heteroatoms. The first-order chi connectivity index (χ1) is 11.5. The molecule has 1 amide bonds. The average molecular weight is 356 g/mol. The highest BCUT2D eigenvalue weighted by atomic mass is 16.5. The quantitative estimate of drug-likeness (QED) is 0.731. The van der Waals surface area contributed by atoms with E-state index in [4.69, 9.17) is 14.2 Å². The zero-order chi connectivity index (χ0) is 18.7. The highest BCUT2D eigenvalue weighted by Gasteiger charge is 2.36. The molecule has 25 heavy (non-hydrogen) atoms. The van der Waals surface area contributed by atoms with Crippen LogP contribution in [0.2, 0.25) is 0 Å². The minimum Gasteiger partial charge on any atom is -0.375 e. The van der Waals surface area contributed by atoms with E-state index in [-0.39, 0.29) is 23.2 Å². The Morgan fingerprint density at radius 3 is 2.04 bits per heavy atom. The Balaban J connectivity index is 1.58. The van der Waals surface area contributed by atoms with Crippen molar-refractivity contribution in [1.29, 1.82) is 0 Å². The van der Waals surface area contributed by atoms with Gasteiger partial charge in [0.15, 0.2) is 0 Å². The zero-order valence-electron chi connectivity index (χ0n) is 17.0. The van der Waals surface area contributed by atoms with Crippen LogP contribution in [-0.4, -0.2) is 60.0 Å². The summed E-state index contributed by atoms with van der Waals surface area (Å²) in [5.74, 6) is 0.199. The number of carbonyl (C=O) groups is 1. The molecule has 5 nitrogen and oxygen atoms in total. The number of amides is 1. The van der Waals surface area contributed by atoms with Gasteiger partial charge in [0.25, 0.3) is 0 Å². The van der Waals surface area contributed by atoms with Gasteiger partial charge in [-0.1, -0.05) is 0 Å². The molecule has 0 aromatic carbocycles. The van der Waals surface area contributed by atoms with Crippen LogP contribution in [0, 0.1) is 0 Å². The van der Waals surface area contributed by atoms with Crippen LogP contribution < -0.4 is 0 Å². The van der Waals surface area contributed by atoms with E-state index in [1.807, 2.05) is 25.7 Å². The van der Waals surface area contributed by atoms with Crippen LogP contribution >= 0.6 is 0 Å². The Bertz CT molecular complexity index is 424. The summed E-state index contributed by atoms with van der Waals surface area (Å²) >= 11 is 0. The summed E-state index contributed by atoms with van der Waals surface area (Å²) in [4.78, 5) is 14.2. The summed E-state index contributed by atoms with van der Waals surface area (Å²) in [6.45, 7) is 14.4. The summed E-state index contributed by atoms with van der Waals surface area (Å²) in [5.41, 5.74) is -0.253. The lowest BCUT2D eigenvalue weighted by Crippen LogP contribution is -2.46. The number of piperidine rings is 1. The molecule has 0 radical (unpaired) electrons. The summed E-state index contributed by atoms with van der Waals surface area (Å²) in [7, 11) is 0. The molecule has 0 atom stereocenters. The van der Waals surface area contributed by atoms with Crippen LogP contribution in [0.15, 0.2) is 0 Å². The molecular formula is C20H37NO4. The van der Waals surface area contributed by atoms with E-state index in [9.17, 15) is 4.79 Å². The molecule has 0 aromatic heterocycles. The molecule has 1 aliphatic carbocycles. The molecule has 1 saturated carbocycles. The van der Waals surface area contributed by atoms with Gasteiger partial charge in [0, 0.05) is 13.1 Å². The summed E-state index contributed by atoms with van der Waals surface area (Å²) in [6, 6.07) is 0. The predicted octanol–water partition coefficient (Wildman–Crippen LogP) is 3.55. The SMILES string of the molecule is CC(C)(C)OCCC(=O)N1CCC(OC2CC(OC(C)(C)C)C2)CC1. The highest BCUT2D eigenvalue weighted by Crippen LogP contribution is 2.32. The lowest BCUT2D eigenvalue weighted by Gasteiger charge is -2.42. The zero-order valence-corrected chi connectivity index (χ0v) is 17.0. The summed E-state index contributed by atoms with van der Waals surface area (Å²) in [5, 5.41) is 0. The van der Waals surface area contributed by atoms with Gasteiger partial charge in [-0.25, -0.2) is 0 Å². The molecule has 0 spiro atoms. The maximum Gasteiger partial charge on any atom is 0.224 e. The number of nitrogens with zero attached hydrogens (tertiary/aromatic N) is 1. The molecule has 1 heterocycles. The fourth-order valence-corrected chi connectivity index (χ4v) is 3.34. The third kappa shape index (κ3) is 7.63. The third-order valence-electron chi connectivity index (χ3n) is 4.60. The van der Waals surface area contributed by atoms with Crippen molar-refractivity contribution in [2.45, 2.75) is 103 Å². The first-order valence-electron chi connectivity index (χ1n) is 9.77. The van der Waals surface area contributed by atoms with Gasteiger partial charge < -0.3 is 19.1 Å². The van der Waals surface area contributed by atoms with Gasteiger partial charge in [-0.2, -0.15) is 0 Å². The van der Waals surface area contributed by atoms with E-state index in [1.54, 1.807) is 0 Å². The second kappa shape index (κ2) is 8.36. The van der Waals surface area contributed by atoms with E-state index in [1.165, 1.54) is 0 Å². The van der Waals surface area contributed by atoms with Crippen molar-refractivity contribution in [2.24, 2.45) is 0 Å². The number of ether oxygens (including phenoxy) is 3. The summed E-state index contributed by atoms with van der Waals surface area (Å²) < 4.78 is 17.8. The Labute approximate surface area is 153 Å².